The van der Waals surface area contributed by atoms with Gasteiger partial charge in [0.25, 0.3) is 5.91 Å². The molecule has 168 valence electrons. The normalized spacial score (nSPS) is 14.9. The van der Waals surface area contributed by atoms with Gasteiger partial charge in [0.15, 0.2) is 0 Å². The number of nitrogen functional groups attached to an aromatic ring is 1. The number of halogens is 1. The summed E-state index contributed by atoms with van der Waals surface area (Å²) in [4.78, 5) is 15.1. The second-order valence-corrected chi connectivity index (χ2v) is 8.39. The van der Waals surface area contributed by atoms with Crippen LogP contribution in [0.1, 0.15) is 35.2 Å². The molecule has 1 heterocycles. The zero-order chi connectivity index (χ0) is 22.2. The van der Waals surface area contributed by atoms with Gasteiger partial charge in [-0.3, -0.25) is 4.79 Å². The first-order chi connectivity index (χ1) is 15.0. The van der Waals surface area contributed by atoms with E-state index in [0.717, 1.165) is 51.1 Å². The summed E-state index contributed by atoms with van der Waals surface area (Å²) >= 11 is 6.02. The topological polar surface area (TPSA) is 76.8 Å². The molecule has 3 N–H and O–H groups in total. The predicted molar refractivity (Wildman–Crippen MR) is 125 cm³/mol. The Kier molecular flexibility index (Phi) is 8.43. The first-order valence-corrected chi connectivity index (χ1v) is 11.1. The molecule has 0 saturated carbocycles. The summed E-state index contributed by atoms with van der Waals surface area (Å²) in [6, 6.07) is 11.4. The minimum Gasteiger partial charge on any atom is -0.496 e. The summed E-state index contributed by atoms with van der Waals surface area (Å²) in [7, 11) is 3.24. The number of anilines is 1. The monoisotopic (exact) mass is 445 g/mol. The average molecular weight is 446 g/mol. The fourth-order valence-corrected chi connectivity index (χ4v) is 4.22. The highest BCUT2D eigenvalue weighted by Gasteiger charge is 2.21. The lowest BCUT2D eigenvalue weighted by atomic mass is 9.96. The van der Waals surface area contributed by atoms with Crippen molar-refractivity contribution in [3.63, 3.8) is 0 Å². The Morgan fingerprint density at radius 3 is 2.58 bits per heavy atom. The number of rotatable bonds is 9. The summed E-state index contributed by atoms with van der Waals surface area (Å²) in [5.74, 6) is 1.70. The van der Waals surface area contributed by atoms with E-state index in [9.17, 15) is 4.79 Å². The van der Waals surface area contributed by atoms with Crippen molar-refractivity contribution in [2.75, 3.05) is 46.1 Å². The Balaban J connectivity index is 1.40. The number of piperidine rings is 1. The van der Waals surface area contributed by atoms with Crippen molar-refractivity contribution in [3.8, 4) is 11.5 Å². The van der Waals surface area contributed by atoms with E-state index in [-0.39, 0.29) is 5.91 Å². The molecule has 1 saturated heterocycles. The molecule has 1 aliphatic heterocycles. The molecular weight excluding hydrogens is 414 g/mol. The molecule has 3 rings (SSSR count). The van der Waals surface area contributed by atoms with Crippen molar-refractivity contribution in [3.05, 3.63) is 52.5 Å². The van der Waals surface area contributed by atoms with Crippen molar-refractivity contribution in [1.82, 2.24) is 10.2 Å². The van der Waals surface area contributed by atoms with Crippen LogP contribution in [0.4, 0.5) is 5.69 Å². The summed E-state index contributed by atoms with van der Waals surface area (Å²) in [6.45, 7) is 3.85. The number of methoxy groups -OCH3 is 2. The van der Waals surface area contributed by atoms with Gasteiger partial charge in [-0.05, 0) is 68.9 Å². The minimum absolute atomic E-state index is 0.181. The number of likely N-dealkylation sites (tertiary alicyclic amines) is 1. The third-order valence-corrected chi connectivity index (χ3v) is 6.26. The highest BCUT2D eigenvalue weighted by molar-refractivity contribution is 6.33. The fourth-order valence-electron chi connectivity index (χ4n) is 4.07. The van der Waals surface area contributed by atoms with E-state index in [1.165, 1.54) is 12.7 Å². The summed E-state index contributed by atoms with van der Waals surface area (Å²) in [5.41, 5.74) is 7.90. The lowest BCUT2D eigenvalue weighted by molar-refractivity contribution is 0.0933. The fraction of sp³-hybridized carbons (Fsp3) is 0.458. The first kappa shape index (κ1) is 23.2. The number of nitrogens with one attached hydrogen (secondary N) is 1. The van der Waals surface area contributed by atoms with Crippen molar-refractivity contribution in [2.24, 2.45) is 5.92 Å². The zero-order valence-corrected chi connectivity index (χ0v) is 19.1. The summed E-state index contributed by atoms with van der Waals surface area (Å²) in [5, 5.41) is 3.41. The maximum absolute atomic E-state index is 12.6. The van der Waals surface area contributed by atoms with E-state index in [2.05, 4.69) is 22.3 Å². The lowest BCUT2D eigenvalue weighted by Gasteiger charge is -2.32. The van der Waals surface area contributed by atoms with Gasteiger partial charge in [0, 0.05) is 12.6 Å². The van der Waals surface area contributed by atoms with Gasteiger partial charge in [-0.2, -0.15) is 0 Å². The van der Waals surface area contributed by atoms with Crippen LogP contribution in [0, 0.1) is 5.92 Å². The number of benzene rings is 2. The van der Waals surface area contributed by atoms with E-state index in [1.54, 1.807) is 19.2 Å². The van der Waals surface area contributed by atoms with Gasteiger partial charge in [0.05, 0.1) is 30.5 Å². The molecule has 7 heteroatoms. The number of ether oxygens (including phenoxy) is 2. The Labute approximate surface area is 189 Å². The molecule has 0 aliphatic carbocycles. The van der Waals surface area contributed by atoms with Crippen molar-refractivity contribution < 1.29 is 14.3 Å². The van der Waals surface area contributed by atoms with Crippen LogP contribution in [-0.4, -0.2) is 51.2 Å². The Morgan fingerprint density at radius 1 is 1.16 bits per heavy atom. The molecule has 0 atom stereocenters. The minimum atomic E-state index is -0.181. The maximum Gasteiger partial charge on any atom is 0.255 e. The second kappa shape index (κ2) is 11.3. The zero-order valence-electron chi connectivity index (χ0n) is 18.3. The Bertz CT molecular complexity index is 882. The molecule has 0 radical (unpaired) electrons. The Morgan fingerprint density at radius 2 is 1.87 bits per heavy atom. The second-order valence-electron chi connectivity index (χ2n) is 7.98. The molecule has 0 spiro atoms. The van der Waals surface area contributed by atoms with Gasteiger partial charge in [0.1, 0.15) is 11.5 Å². The summed E-state index contributed by atoms with van der Waals surface area (Å²) < 4.78 is 10.7. The lowest BCUT2D eigenvalue weighted by Crippen LogP contribution is -2.39. The number of nitrogens with zero attached hydrogens (tertiary/aromatic N) is 1. The third-order valence-electron chi connectivity index (χ3n) is 5.93. The molecule has 1 fully saturated rings. The van der Waals surface area contributed by atoms with Gasteiger partial charge in [0.2, 0.25) is 0 Å². The van der Waals surface area contributed by atoms with Crippen LogP contribution in [0.25, 0.3) is 0 Å². The number of amides is 1. The third kappa shape index (κ3) is 6.28. The SMILES string of the molecule is COc1ccccc1CCCN1CCC(CNC(=O)c2cc(N)c(Cl)cc2OC)CC1. The van der Waals surface area contributed by atoms with Crippen molar-refractivity contribution in [1.29, 1.82) is 0 Å². The first-order valence-electron chi connectivity index (χ1n) is 10.8. The van der Waals surface area contributed by atoms with Gasteiger partial charge < -0.3 is 25.4 Å². The molecule has 1 amide bonds. The van der Waals surface area contributed by atoms with E-state index in [1.807, 2.05) is 12.1 Å². The van der Waals surface area contributed by atoms with Gasteiger partial charge in [-0.25, -0.2) is 0 Å². The average Bonchev–Trinajstić information content (AvgIpc) is 2.80. The molecule has 0 unspecified atom stereocenters. The van der Waals surface area contributed by atoms with Gasteiger partial charge in [-0.15, -0.1) is 0 Å². The van der Waals surface area contributed by atoms with E-state index in [0.29, 0.717) is 34.5 Å². The van der Waals surface area contributed by atoms with Crippen LogP contribution >= 0.6 is 11.6 Å². The van der Waals surface area contributed by atoms with E-state index < -0.39 is 0 Å². The van der Waals surface area contributed by atoms with Crippen LogP contribution in [0.5, 0.6) is 11.5 Å². The molecular formula is C24H32ClN3O3. The number of carbonyl (C=O) groups excluding carboxylic acids is 1. The number of hydrogen-bond donors (Lipinski definition) is 2. The van der Waals surface area contributed by atoms with Crippen LogP contribution in [0.2, 0.25) is 5.02 Å². The molecule has 2 aromatic rings. The molecule has 31 heavy (non-hydrogen) atoms. The maximum atomic E-state index is 12.6. The van der Waals surface area contributed by atoms with E-state index >= 15 is 0 Å². The van der Waals surface area contributed by atoms with Crippen LogP contribution in [0.15, 0.2) is 36.4 Å². The number of para-hydroxylation sites is 1. The molecule has 1 aliphatic rings. The van der Waals surface area contributed by atoms with Crippen LogP contribution in [-0.2, 0) is 6.42 Å². The smallest absolute Gasteiger partial charge is 0.255 e. The number of aryl methyl sites for hydroxylation is 1. The van der Waals surface area contributed by atoms with Crippen molar-refractivity contribution in [2.45, 2.75) is 25.7 Å². The molecule has 6 nitrogen and oxygen atoms in total. The van der Waals surface area contributed by atoms with Crippen LogP contribution in [0.3, 0.4) is 0 Å². The number of nitrogens with two attached hydrogens (primary N) is 1. The molecule has 0 aromatic heterocycles. The highest BCUT2D eigenvalue weighted by atomic mass is 35.5. The number of hydrogen-bond acceptors (Lipinski definition) is 5. The van der Waals surface area contributed by atoms with Crippen LogP contribution < -0.4 is 20.5 Å². The summed E-state index contributed by atoms with van der Waals surface area (Å²) in [6.07, 6.45) is 4.29. The quantitative estimate of drug-likeness (QED) is 0.570. The molecule has 0 bridgehead atoms. The predicted octanol–water partition coefficient (Wildman–Crippen LogP) is 4.01. The highest BCUT2D eigenvalue weighted by Crippen LogP contribution is 2.29. The van der Waals surface area contributed by atoms with Gasteiger partial charge >= 0.3 is 0 Å². The number of carbonyl (C=O) groups is 1. The van der Waals surface area contributed by atoms with E-state index in [4.69, 9.17) is 26.8 Å². The molecule has 2 aromatic carbocycles. The Hall–Kier alpha value is -2.44. The standard InChI is InChI=1S/C24H32ClN3O3/c1-30-22-8-4-3-6-18(22)7-5-11-28-12-9-17(10-13-28)16-27-24(29)19-14-21(26)20(25)15-23(19)31-2/h3-4,6,8,14-15,17H,5,7,9-13,16,26H2,1-2H3,(H,27,29). The largest absolute Gasteiger partial charge is 0.496 e. The van der Waals surface area contributed by atoms with Gasteiger partial charge in [-0.1, -0.05) is 29.8 Å². The van der Waals surface area contributed by atoms with Crippen molar-refractivity contribution >= 4 is 23.2 Å².